The zero-order valence-electron chi connectivity index (χ0n) is 9.71. The fraction of sp³-hybridized carbons (Fsp3) is 0.500. The van der Waals surface area contributed by atoms with Gasteiger partial charge in [-0.15, -0.1) is 23.7 Å². The van der Waals surface area contributed by atoms with Crippen molar-refractivity contribution in [1.29, 1.82) is 0 Å². The first kappa shape index (κ1) is 17.8. The van der Waals surface area contributed by atoms with Crippen molar-refractivity contribution in [2.24, 2.45) is 5.73 Å². The number of thiophene rings is 1. The molecule has 1 aromatic heterocycles. The quantitative estimate of drug-likeness (QED) is 0.833. The fourth-order valence-corrected chi connectivity index (χ4v) is 2.78. The highest BCUT2D eigenvalue weighted by molar-refractivity contribution is 9.11. The summed E-state index contributed by atoms with van der Waals surface area (Å²) in [6.45, 7) is 3.12. The van der Waals surface area contributed by atoms with Crippen LogP contribution in [0.4, 0.5) is 8.78 Å². The van der Waals surface area contributed by atoms with Crippen molar-refractivity contribution in [2.75, 3.05) is 6.61 Å². The van der Waals surface area contributed by atoms with Crippen molar-refractivity contribution in [3.05, 3.63) is 20.3 Å². The summed E-state index contributed by atoms with van der Waals surface area (Å²) in [6.07, 6.45) is 0. The number of alkyl halides is 2. The summed E-state index contributed by atoms with van der Waals surface area (Å²) < 4.78 is 32.3. The molecule has 104 valence electrons. The van der Waals surface area contributed by atoms with Gasteiger partial charge in [-0.2, -0.15) is 8.78 Å². The topological polar surface area (TPSA) is 52.3 Å². The Morgan fingerprint density at radius 1 is 1.67 bits per heavy atom. The van der Waals surface area contributed by atoms with E-state index in [0.717, 1.165) is 20.7 Å². The number of carbonyl (C=O) groups is 1. The first-order valence-corrected chi connectivity index (χ1v) is 6.48. The van der Waals surface area contributed by atoms with Crippen LogP contribution in [0.15, 0.2) is 9.85 Å². The lowest BCUT2D eigenvalue weighted by molar-refractivity contribution is -0.174. The molecule has 0 aliphatic carbocycles. The Hall–Kier alpha value is -0.240. The van der Waals surface area contributed by atoms with E-state index in [1.54, 1.807) is 6.92 Å². The number of nitrogens with two attached hydrogens (primary N) is 1. The van der Waals surface area contributed by atoms with E-state index in [1.807, 2.05) is 0 Å². The summed E-state index contributed by atoms with van der Waals surface area (Å²) >= 11 is 4.31. The number of carbonyl (C=O) groups excluding carboxylic acids is 1. The Labute approximate surface area is 122 Å². The first-order valence-electron chi connectivity index (χ1n) is 4.87. The van der Waals surface area contributed by atoms with Gasteiger partial charge in [0.15, 0.2) is 0 Å². The molecule has 0 aliphatic rings. The van der Waals surface area contributed by atoms with E-state index in [4.69, 9.17) is 5.73 Å². The summed E-state index contributed by atoms with van der Waals surface area (Å²) in [5, 5.41) is 0. The van der Waals surface area contributed by atoms with Crippen molar-refractivity contribution in [2.45, 2.75) is 25.8 Å². The number of rotatable bonds is 4. The van der Waals surface area contributed by atoms with Gasteiger partial charge in [0.2, 0.25) is 0 Å². The van der Waals surface area contributed by atoms with E-state index < -0.39 is 17.9 Å². The Morgan fingerprint density at radius 3 is 2.61 bits per heavy atom. The molecule has 0 fully saturated rings. The molecule has 0 aromatic carbocycles. The Kier molecular flexibility index (Phi) is 6.70. The van der Waals surface area contributed by atoms with Crippen LogP contribution in [-0.2, 0) is 9.53 Å². The molecule has 3 nitrogen and oxygen atoms in total. The second kappa shape index (κ2) is 6.79. The van der Waals surface area contributed by atoms with Crippen LogP contribution in [0.3, 0.4) is 0 Å². The molecule has 0 saturated heterocycles. The van der Waals surface area contributed by atoms with Crippen LogP contribution in [0, 0.1) is 6.92 Å². The maximum absolute atomic E-state index is 13.6. The molecule has 18 heavy (non-hydrogen) atoms. The molecule has 0 spiro atoms. The van der Waals surface area contributed by atoms with Crippen LogP contribution >= 0.6 is 39.7 Å². The van der Waals surface area contributed by atoms with Crippen LogP contribution < -0.4 is 5.73 Å². The number of esters is 1. The monoisotopic (exact) mass is 363 g/mol. The minimum absolute atomic E-state index is 0. The third-order valence-electron chi connectivity index (χ3n) is 2.12. The number of hydrogen-bond donors (Lipinski definition) is 1. The second-order valence-corrected chi connectivity index (χ2v) is 5.83. The molecule has 1 aromatic rings. The molecule has 1 atom stereocenters. The predicted molar refractivity (Wildman–Crippen MR) is 72.5 cm³/mol. The van der Waals surface area contributed by atoms with E-state index in [0.29, 0.717) is 0 Å². The van der Waals surface area contributed by atoms with Gasteiger partial charge in [0.05, 0.1) is 10.4 Å². The second-order valence-electron chi connectivity index (χ2n) is 3.43. The van der Waals surface area contributed by atoms with Crippen LogP contribution in [0.2, 0.25) is 0 Å². The SMILES string of the molecule is CCOC(=O)C(F)(F)[C@H](N)c1cc(C)c(Br)s1.Cl. The summed E-state index contributed by atoms with van der Waals surface area (Å²) in [5.41, 5.74) is 6.23. The molecule has 2 N–H and O–H groups in total. The van der Waals surface area contributed by atoms with Gasteiger partial charge in [-0.05, 0) is 41.4 Å². The molecule has 0 amide bonds. The van der Waals surface area contributed by atoms with Gasteiger partial charge in [0.1, 0.15) is 6.04 Å². The van der Waals surface area contributed by atoms with E-state index in [1.165, 1.54) is 13.0 Å². The number of aryl methyl sites for hydroxylation is 1. The van der Waals surface area contributed by atoms with Gasteiger partial charge in [-0.3, -0.25) is 0 Å². The van der Waals surface area contributed by atoms with Crippen molar-refractivity contribution >= 4 is 45.6 Å². The maximum Gasteiger partial charge on any atom is 0.379 e. The first-order chi connectivity index (χ1) is 7.80. The predicted octanol–water partition coefficient (Wildman–Crippen LogP) is 3.44. The Bertz CT molecular complexity index is 409. The van der Waals surface area contributed by atoms with Crippen LogP contribution in [0.5, 0.6) is 0 Å². The molecule has 0 radical (unpaired) electrons. The van der Waals surface area contributed by atoms with Gasteiger partial charge in [-0.25, -0.2) is 4.79 Å². The average Bonchev–Trinajstić information content (AvgIpc) is 2.58. The largest absolute Gasteiger partial charge is 0.462 e. The lowest BCUT2D eigenvalue weighted by atomic mass is 10.1. The smallest absolute Gasteiger partial charge is 0.379 e. The van der Waals surface area contributed by atoms with Gasteiger partial charge < -0.3 is 10.5 Å². The van der Waals surface area contributed by atoms with E-state index in [9.17, 15) is 13.6 Å². The van der Waals surface area contributed by atoms with E-state index >= 15 is 0 Å². The number of halogens is 4. The van der Waals surface area contributed by atoms with Crippen molar-refractivity contribution in [1.82, 2.24) is 0 Å². The summed E-state index contributed by atoms with van der Waals surface area (Å²) in [7, 11) is 0. The van der Waals surface area contributed by atoms with Crippen LogP contribution in [0.1, 0.15) is 23.4 Å². The van der Waals surface area contributed by atoms with Gasteiger partial charge >= 0.3 is 11.9 Å². The maximum atomic E-state index is 13.6. The fourth-order valence-electron chi connectivity index (χ4n) is 1.17. The third-order valence-corrected chi connectivity index (χ3v) is 4.34. The van der Waals surface area contributed by atoms with Crippen molar-refractivity contribution in [3.63, 3.8) is 0 Å². The van der Waals surface area contributed by atoms with E-state index in [2.05, 4.69) is 20.7 Å². The van der Waals surface area contributed by atoms with Crippen molar-refractivity contribution in [3.8, 4) is 0 Å². The van der Waals surface area contributed by atoms with Crippen LogP contribution in [-0.4, -0.2) is 18.5 Å². The van der Waals surface area contributed by atoms with Crippen molar-refractivity contribution < 1.29 is 18.3 Å². The van der Waals surface area contributed by atoms with E-state index in [-0.39, 0.29) is 23.9 Å². The lowest BCUT2D eigenvalue weighted by Gasteiger charge is -2.20. The Balaban J connectivity index is 0.00000289. The molecule has 0 aliphatic heterocycles. The van der Waals surface area contributed by atoms with Gasteiger partial charge in [-0.1, -0.05) is 0 Å². The molecule has 1 rings (SSSR count). The highest BCUT2D eigenvalue weighted by Crippen LogP contribution is 2.37. The molecule has 0 unspecified atom stereocenters. The number of hydrogen-bond acceptors (Lipinski definition) is 4. The zero-order chi connectivity index (χ0) is 13.2. The molecule has 8 heteroatoms. The van der Waals surface area contributed by atoms with Gasteiger partial charge in [0.25, 0.3) is 0 Å². The highest BCUT2D eigenvalue weighted by Gasteiger charge is 2.48. The normalized spacial score (nSPS) is 12.8. The molecular formula is C10H13BrClF2NO2S. The minimum atomic E-state index is -3.72. The Morgan fingerprint density at radius 2 is 2.22 bits per heavy atom. The molecule has 1 heterocycles. The lowest BCUT2D eigenvalue weighted by Crippen LogP contribution is -2.41. The third kappa shape index (κ3) is 3.63. The summed E-state index contributed by atoms with van der Waals surface area (Å²) in [6, 6.07) is -0.149. The number of ether oxygens (including phenoxy) is 1. The summed E-state index contributed by atoms with van der Waals surface area (Å²) in [4.78, 5) is 11.4. The standard InChI is InChI=1S/C10H12BrF2NO2S.ClH/c1-3-16-9(15)10(12,13)7(14)6-4-5(2)8(11)17-6;/h4,7H,3,14H2,1-2H3;1H/t7-;/m1./s1. The minimum Gasteiger partial charge on any atom is -0.462 e. The van der Waals surface area contributed by atoms with Crippen LogP contribution in [0.25, 0.3) is 0 Å². The molecular weight excluding hydrogens is 352 g/mol. The molecule has 0 bridgehead atoms. The van der Waals surface area contributed by atoms with Gasteiger partial charge in [0, 0.05) is 4.88 Å². The molecule has 0 saturated carbocycles. The average molecular weight is 365 g/mol. The summed E-state index contributed by atoms with van der Waals surface area (Å²) in [5.74, 6) is -5.30. The zero-order valence-corrected chi connectivity index (χ0v) is 12.9. The highest BCUT2D eigenvalue weighted by atomic mass is 79.9.